The van der Waals surface area contributed by atoms with Crippen LogP contribution in [-0.2, 0) is 11.3 Å². The minimum Gasteiger partial charge on any atom is -0.465 e. The van der Waals surface area contributed by atoms with E-state index in [-0.39, 0.29) is 5.97 Å². The third-order valence-electron chi connectivity index (χ3n) is 3.33. The van der Waals surface area contributed by atoms with Crippen LogP contribution in [0.3, 0.4) is 0 Å². The number of hydrogen-bond acceptors (Lipinski definition) is 4. The number of guanidine groups is 1. The molecule has 0 aromatic carbocycles. The Morgan fingerprint density at radius 3 is 2.86 bits per heavy atom. The van der Waals surface area contributed by atoms with Crippen LogP contribution in [0.5, 0.6) is 0 Å². The van der Waals surface area contributed by atoms with Crippen LogP contribution in [-0.4, -0.2) is 30.6 Å². The van der Waals surface area contributed by atoms with Gasteiger partial charge in [-0.3, -0.25) is 4.98 Å². The zero-order valence-electron chi connectivity index (χ0n) is 13.1. The molecule has 1 aromatic rings. The molecule has 0 bridgehead atoms. The molecule has 22 heavy (non-hydrogen) atoms. The molecule has 1 aliphatic rings. The van der Waals surface area contributed by atoms with Gasteiger partial charge in [0, 0.05) is 12.5 Å². The second-order valence-electron chi connectivity index (χ2n) is 5.51. The van der Waals surface area contributed by atoms with Crippen molar-refractivity contribution in [1.29, 1.82) is 0 Å². The van der Waals surface area contributed by atoms with Gasteiger partial charge in [-0.25, -0.2) is 9.79 Å². The first kappa shape index (κ1) is 16.0. The maximum Gasteiger partial charge on any atom is 0.339 e. The Labute approximate surface area is 130 Å². The number of carbonyl (C=O) groups excluding carboxylic acids is 1. The van der Waals surface area contributed by atoms with Crippen molar-refractivity contribution in [1.82, 2.24) is 10.3 Å². The number of carbonyl (C=O) groups is 1. The van der Waals surface area contributed by atoms with Gasteiger partial charge in [0.2, 0.25) is 0 Å². The van der Waals surface area contributed by atoms with Gasteiger partial charge in [-0.15, -0.1) is 0 Å². The van der Waals surface area contributed by atoms with Crippen molar-refractivity contribution in [2.75, 3.05) is 13.7 Å². The third-order valence-corrected chi connectivity index (χ3v) is 3.33. The fourth-order valence-corrected chi connectivity index (χ4v) is 2.02. The van der Waals surface area contributed by atoms with Crippen molar-refractivity contribution in [3.63, 3.8) is 0 Å². The lowest BCUT2D eigenvalue weighted by Crippen LogP contribution is -2.32. The van der Waals surface area contributed by atoms with E-state index in [1.165, 1.54) is 7.11 Å². The summed E-state index contributed by atoms with van der Waals surface area (Å²) in [7, 11) is 1.38. The van der Waals surface area contributed by atoms with E-state index >= 15 is 0 Å². The van der Waals surface area contributed by atoms with Crippen LogP contribution in [0.25, 0.3) is 0 Å². The summed E-state index contributed by atoms with van der Waals surface area (Å²) in [6.45, 7) is 6.67. The third kappa shape index (κ3) is 4.31. The van der Waals surface area contributed by atoms with Gasteiger partial charge in [0.25, 0.3) is 0 Å². The van der Waals surface area contributed by atoms with Gasteiger partial charge in [-0.2, -0.15) is 0 Å². The van der Waals surface area contributed by atoms with Gasteiger partial charge < -0.3 is 15.8 Å². The molecule has 2 rings (SSSR count). The average molecular weight is 302 g/mol. The maximum absolute atomic E-state index is 11.8. The molecular weight excluding hydrogens is 280 g/mol. The summed E-state index contributed by atoms with van der Waals surface area (Å²) in [5.74, 6) is 0.374. The van der Waals surface area contributed by atoms with Crippen molar-refractivity contribution >= 4 is 11.9 Å². The second-order valence-corrected chi connectivity index (χ2v) is 5.51. The molecule has 1 fully saturated rings. The van der Waals surface area contributed by atoms with Crippen LogP contribution in [0, 0.1) is 0 Å². The number of nitrogens with one attached hydrogen (secondary N) is 1. The van der Waals surface area contributed by atoms with Crippen molar-refractivity contribution in [2.45, 2.75) is 32.2 Å². The minimum absolute atomic E-state index is 0.341. The zero-order valence-corrected chi connectivity index (χ0v) is 13.1. The molecule has 0 atom stereocenters. The summed E-state index contributed by atoms with van der Waals surface area (Å²) >= 11 is 0. The molecule has 1 aromatic heterocycles. The van der Waals surface area contributed by atoms with E-state index in [1.54, 1.807) is 12.1 Å². The monoisotopic (exact) mass is 302 g/mol. The highest BCUT2D eigenvalue weighted by Crippen LogP contribution is 2.40. The van der Waals surface area contributed by atoms with Gasteiger partial charge in [0.05, 0.1) is 30.6 Å². The molecule has 0 unspecified atom stereocenters. The number of aliphatic imine (C=N–C) groups is 1. The number of pyridine rings is 1. The Kier molecular flexibility index (Phi) is 5.14. The van der Waals surface area contributed by atoms with Crippen LogP contribution in [0.1, 0.15) is 47.4 Å². The number of hydrogen-bond donors (Lipinski definition) is 2. The SMILES string of the molecule is C=C(C)CNC(N)=NCc1ccc(C(=O)OC)c(C2CC2)n1. The molecule has 0 aliphatic heterocycles. The van der Waals surface area contributed by atoms with Crippen LogP contribution >= 0.6 is 0 Å². The molecule has 118 valence electrons. The fourth-order valence-electron chi connectivity index (χ4n) is 2.02. The largest absolute Gasteiger partial charge is 0.465 e. The van der Waals surface area contributed by atoms with Crippen LogP contribution in [0.15, 0.2) is 29.3 Å². The van der Waals surface area contributed by atoms with Gasteiger partial charge in [0.15, 0.2) is 5.96 Å². The van der Waals surface area contributed by atoms with E-state index in [0.29, 0.717) is 30.5 Å². The standard InChI is InChI=1S/C16H22N4O2/c1-10(2)8-18-16(17)19-9-12-6-7-13(15(21)22-3)14(20-12)11-4-5-11/h6-7,11H,1,4-5,8-9H2,2-3H3,(H3,17,18,19). The van der Waals surface area contributed by atoms with Crippen LogP contribution < -0.4 is 11.1 Å². The van der Waals surface area contributed by atoms with Crippen LogP contribution in [0.2, 0.25) is 0 Å². The molecule has 0 radical (unpaired) electrons. The number of ether oxygens (including phenoxy) is 1. The molecule has 0 amide bonds. The first-order valence-corrected chi connectivity index (χ1v) is 7.27. The van der Waals surface area contributed by atoms with E-state index < -0.39 is 0 Å². The van der Waals surface area contributed by atoms with Gasteiger partial charge >= 0.3 is 5.97 Å². The number of nitrogens with zero attached hydrogens (tertiary/aromatic N) is 2. The lowest BCUT2D eigenvalue weighted by molar-refractivity contribution is 0.0598. The molecule has 1 aliphatic carbocycles. The lowest BCUT2D eigenvalue weighted by atomic mass is 10.1. The average Bonchev–Trinajstić information content (AvgIpc) is 3.34. The van der Waals surface area contributed by atoms with E-state index in [2.05, 4.69) is 21.9 Å². The number of aromatic nitrogens is 1. The molecule has 3 N–H and O–H groups in total. The van der Waals surface area contributed by atoms with E-state index in [0.717, 1.165) is 29.8 Å². The summed E-state index contributed by atoms with van der Waals surface area (Å²) in [5.41, 5.74) is 8.90. The molecule has 1 saturated carbocycles. The Morgan fingerprint density at radius 1 is 1.55 bits per heavy atom. The van der Waals surface area contributed by atoms with Gasteiger partial charge in [-0.1, -0.05) is 12.2 Å². The summed E-state index contributed by atoms with van der Waals surface area (Å²) in [4.78, 5) is 20.6. The summed E-state index contributed by atoms with van der Waals surface area (Å²) in [6, 6.07) is 3.54. The Balaban J connectivity index is 2.09. The van der Waals surface area contributed by atoms with Crippen molar-refractivity contribution in [2.24, 2.45) is 10.7 Å². The first-order chi connectivity index (χ1) is 10.5. The number of methoxy groups -OCH3 is 1. The molecule has 0 spiro atoms. The Morgan fingerprint density at radius 2 is 2.27 bits per heavy atom. The fraction of sp³-hybridized carbons (Fsp3) is 0.438. The minimum atomic E-state index is -0.341. The maximum atomic E-state index is 11.8. The molecule has 6 nitrogen and oxygen atoms in total. The van der Waals surface area contributed by atoms with E-state index in [9.17, 15) is 4.79 Å². The topological polar surface area (TPSA) is 89.6 Å². The molecule has 1 heterocycles. The lowest BCUT2D eigenvalue weighted by Gasteiger charge is -2.08. The van der Waals surface area contributed by atoms with Crippen molar-refractivity contribution in [3.05, 3.63) is 41.2 Å². The highest BCUT2D eigenvalue weighted by Gasteiger charge is 2.30. The summed E-state index contributed by atoms with van der Waals surface area (Å²) in [6.07, 6.45) is 2.12. The van der Waals surface area contributed by atoms with Crippen molar-refractivity contribution in [3.8, 4) is 0 Å². The van der Waals surface area contributed by atoms with Gasteiger partial charge in [-0.05, 0) is 31.9 Å². The number of esters is 1. The quantitative estimate of drug-likeness (QED) is 0.361. The highest BCUT2D eigenvalue weighted by molar-refractivity contribution is 5.90. The van der Waals surface area contributed by atoms with E-state index in [4.69, 9.17) is 10.5 Å². The Hall–Kier alpha value is -2.37. The number of rotatable bonds is 6. The number of nitrogens with two attached hydrogens (primary N) is 1. The second kappa shape index (κ2) is 7.06. The summed E-state index contributed by atoms with van der Waals surface area (Å²) in [5, 5.41) is 2.97. The predicted molar refractivity (Wildman–Crippen MR) is 85.7 cm³/mol. The van der Waals surface area contributed by atoms with Crippen molar-refractivity contribution < 1.29 is 9.53 Å². The first-order valence-electron chi connectivity index (χ1n) is 7.27. The van der Waals surface area contributed by atoms with Gasteiger partial charge in [0.1, 0.15) is 0 Å². The summed E-state index contributed by atoms with van der Waals surface area (Å²) < 4.78 is 4.80. The Bertz CT molecular complexity index is 606. The van der Waals surface area contributed by atoms with Crippen LogP contribution in [0.4, 0.5) is 0 Å². The van der Waals surface area contributed by atoms with E-state index in [1.807, 2.05) is 6.92 Å². The normalized spacial score (nSPS) is 14.5. The zero-order chi connectivity index (χ0) is 16.1. The highest BCUT2D eigenvalue weighted by atomic mass is 16.5. The molecule has 6 heteroatoms. The molecular formula is C16H22N4O2. The predicted octanol–water partition coefficient (Wildman–Crippen LogP) is 1.73. The molecule has 0 saturated heterocycles. The smallest absolute Gasteiger partial charge is 0.339 e.